The first kappa shape index (κ1) is 32.2. The summed E-state index contributed by atoms with van der Waals surface area (Å²) in [5.41, 5.74) is 5.98. The summed E-state index contributed by atoms with van der Waals surface area (Å²) in [5.74, 6) is -0.115. The van der Waals surface area contributed by atoms with Crippen LogP contribution >= 0.6 is 0 Å². The molecule has 196 valence electrons. The number of hydrogen-bond acceptors (Lipinski definition) is 3. The Morgan fingerprint density at radius 1 is 0.606 bits per heavy atom. The Balaban J connectivity index is 3.34. The van der Waals surface area contributed by atoms with Crippen LogP contribution in [-0.2, 0) is 9.53 Å². The van der Waals surface area contributed by atoms with Gasteiger partial charge in [0.2, 0.25) is 0 Å². The van der Waals surface area contributed by atoms with E-state index >= 15 is 0 Å². The number of nitrogens with two attached hydrogens (primary N) is 1. The lowest BCUT2D eigenvalue weighted by Crippen LogP contribution is -2.26. The Morgan fingerprint density at radius 3 is 1.48 bits per heavy atom. The number of esters is 1. The highest BCUT2D eigenvalue weighted by atomic mass is 16.6. The van der Waals surface area contributed by atoms with E-state index in [2.05, 4.69) is 26.0 Å². The molecule has 2 N–H and O–H groups in total. The molecule has 1 unspecified atom stereocenters. The van der Waals surface area contributed by atoms with Crippen molar-refractivity contribution in [1.29, 1.82) is 0 Å². The minimum atomic E-state index is -0.412. The molecule has 1 atom stereocenters. The van der Waals surface area contributed by atoms with E-state index in [4.69, 9.17) is 10.5 Å². The maximum atomic E-state index is 11.9. The fraction of sp³-hybridized carbons (Fsp3) is 0.900. The first-order valence-corrected chi connectivity index (χ1v) is 14.8. The van der Waals surface area contributed by atoms with Crippen molar-refractivity contribution in [2.75, 3.05) is 0 Å². The summed E-state index contributed by atoms with van der Waals surface area (Å²) >= 11 is 0. The van der Waals surface area contributed by atoms with Gasteiger partial charge in [-0.1, -0.05) is 129 Å². The minimum absolute atomic E-state index is 0.115. The number of unbranched alkanes of at least 4 members (excludes halogenated alkanes) is 19. The Hall–Kier alpha value is -0.830. The van der Waals surface area contributed by atoms with E-state index in [9.17, 15) is 4.79 Å². The highest BCUT2D eigenvalue weighted by Gasteiger charge is 2.09. The number of carbonyl (C=O) groups is 1. The van der Waals surface area contributed by atoms with Gasteiger partial charge in [0.1, 0.15) is 0 Å². The second-order valence-corrected chi connectivity index (χ2v) is 9.98. The van der Waals surface area contributed by atoms with Crippen molar-refractivity contribution in [2.45, 2.75) is 174 Å². The summed E-state index contributed by atoms with van der Waals surface area (Å²) in [6, 6.07) is 0. The standard InChI is InChI=1S/C30H59NO2/c1-3-5-7-9-11-13-14-15-16-17-18-20-22-24-26-28-30(32)33-29(31)27-25-23-21-19-12-10-8-6-4-2/h15-16,29H,3-14,17-28,31H2,1-2H3/b16-15-. The van der Waals surface area contributed by atoms with E-state index in [0.717, 1.165) is 25.7 Å². The molecular weight excluding hydrogens is 406 g/mol. The lowest BCUT2D eigenvalue weighted by atomic mass is 10.1. The third-order valence-electron chi connectivity index (χ3n) is 6.52. The zero-order chi connectivity index (χ0) is 24.2. The molecule has 0 rings (SSSR count). The average Bonchev–Trinajstić information content (AvgIpc) is 2.80. The molecule has 0 aromatic heterocycles. The number of rotatable bonds is 26. The monoisotopic (exact) mass is 465 g/mol. The van der Waals surface area contributed by atoms with Crippen molar-refractivity contribution < 1.29 is 9.53 Å². The summed E-state index contributed by atoms with van der Waals surface area (Å²) in [5, 5.41) is 0. The number of hydrogen-bond donors (Lipinski definition) is 1. The van der Waals surface area contributed by atoms with Crippen molar-refractivity contribution in [2.24, 2.45) is 5.73 Å². The lowest BCUT2D eigenvalue weighted by Gasteiger charge is -2.13. The maximum absolute atomic E-state index is 11.9. The smallest absolute Gasteiger partial charge is 0.307 e. The van der Waals surface area contributed by atoms with Crippen LogP contribution in [0.5, 0.6) is 0 Å². The van der Waals surface area contributed by atoms with Gasteiger partial charge in [-0.2, -0.15) is 0 Å². The molecule has 0 amide bonds. The Labute approximate surface area is 207 Å². The van der Waals surface area contributed by atoms with Crippen LogP contribution in [0.3, 0.4) is 0 Å². The van der Waals surface area contributed by atoms with Gasteiger partial charge >= 0.3 is 5.97 Å². The molecule has 0 heterocycles. The SMILES string of the molecule is CCCCCCCC/C=C\CCCCCCCC(=O)OC(N)CCCCCCCCCCC. The predicted octanol–water partition coefficient (Wildman–Crippen LogP) is 9.77. The van der Waals surface area contributed by atoms with Crippen LogP contribution in [0.25, 0.3) is 0 Å². The van der Waals surface area contributed by atoms with Crippen LogP contribution < -0.4 is 5.73 Å². The van der Waals surface area contributed by atoms with Gasteiger partial charge in [-0.05, 0) is 44.9 Å². The summed E-state index contributed by atoms with van der Waals surface area (Å²) in [4.78, 5) is 11.9. The van der Waals surface area contributed by atoms with Crippen molar-refractivity contribution in [3.8, 4) is 0 Å². The highest BCUT2D eigenvalue weighted by Crippen LogP contribution is 2.13. The molecule has 0 saturated heterocycles. The van der Waals surface area contributed by atoms with Gasteiger partial charge in [-0.15, -0.1) is 0 Å². The second-order valence-electron chi connectivity index (χ2n) is 9.98. The summed E-state index contributed by atoms with van der Waals surface area (Å²) in [6.45, 7) is 4.53. The normalized spacial score (nSPS) is 12.5. The Bertz CT molecular complexity index is 422. The molecule has 0 spiro atoms. The van der Waals surface area contributed by atoms with Crippen LogP contribution in [0.15, 0.2) is 12.2 Å². The molecule has 0 fully saturated rings. The fourth-order valence-corrected chi connectivity index (χ4v) is 4.28. The molecule has 0 radical (unpaired) electrons. The van der Waals surface area contributed by atoms with E-state index in [1.807, 2.05) is 0 Å². The first-order chi connectivity index (χ1) is 16.2. The Kier molecular flexibility index (Phi) is 26.7. The van der Waals surface area contributed by atoms with E-state index in [-0.39, 0.29) is 5.97 Å². The van der Waals surface area contributed by atoms with E-state index in [1.54, 1.807) is 0 Å². The van der Waals surface area contributed by atoms with Gasteiger partial charge in [0.05, 0.1) is 0 Å². The molecule has 0 aliphatic heterocycles. The number of carbonyl (C=O) groups excluding carboxylic acids is 1. The summed E-state index contributed by atoms with van der Waals surface area (Å²) in [7, 11) is 0. The number of ether oxygens (including phenoxy) is 1. The van der Waals surface area contributed by atoms with Gasteiger partial charge in [0.25, 0.3) is 0 Å². The molecule has 0 aromatic rings. The molecule has 0 aliphatic rings. The zero-order valence-electron chi connectivity index (χ0n) is 22.6. The third-order valence-corrected chi connectivity index (χ3v) is 6.52. The zero-order valence-corrected chi connectivity index (χ0v) is 22.6. The fourth-order valence-electron chi connectivity index (χ4n) is 4.28. The molecule has 0 bridgehead atoms. The highest BCUT2D eigenvalue weighted by molar-refractivity contribution is 5.69. The van der Waals surface area contributed by atoms with E-state index in [1.165, 1.54) is 122 Å². The molecule has 0 aromatic carbocycles. The van der Waals surface area contributed by atoms with Gasteiger partial charge in [0, 0.05) is 6.42 Å². The second kappa shape index (κ2) is 27.4. The molecule has 0 saturated carbocycles. The molecular formula is C30H59NO2. The molecule has 33 heavy (non-hydrogen) atoms. The van der Waals surface area contributed by atoms with Crippen LogP contribution in [-0.4, -0.2) is 12.2 Å². The van der Waals surface area contributed by atoms with E-state index < -0.39 is 6.23 Å². The lowest BCUT2D eigenvalue weighted by molar-refractivity contribution is -0.149. The van der Waals surface area contributed by atoms with Crippen LogP contribution in [0.1, 0.15) is 168 Å². The largest absolute Gasteiger partial charge is 0.447 e. The van der Waals surface area contributed by atoms with Crippen molar-refractivity contribution in [3.05, 3.63) is 12.2 Å². The summed E-state index contributed by atoms with van der Waals surface area (Å²) in [6.07, 6.45) is 33.8. The van der Waals surface area contributed by atoms with Crippen LogP contribution in [0, 0.1) is 0 Å². The van der Waals surface area contributed by atoms with Crippen molar-refractivity contribution in [3.63, 3.8) is 0 Å². The third kappa shape index (κ3) is 27.3. The van der Waals surface area contributed by atoms with Crippen LogP contribution in [0.2, 0.25) is 0 Å². The number of allylic oxidation sites excluding steroid dienone is 2. The molecule has 3 heteroatoms. The van der Waals surface area contributed by atoms with E-state index in [0.29, 0.717) is 6.42 Å². The Morgan fingerprint density at radius 2 is 1.00 bits per heavy atom. The van der Waals surface area contributed by atoms with Crippen molar-refractivity contribution in [1.82, 2.24) is 0 Å². The van der Waals surface area contributed by atoms with Gasteiger partial charge in [-0.25, -0.2) is 0 Å². The quantitative estimate of drug-likeness (QED) is 0.0598. The van der Waals surface area contributed by atoms with Gasteiger partial charge < -0.3 is 4.74 Å². The molecule has 0 aliphatic carbocycles. The maximum Gasteiger partial charge on any atom is 0.307 e. The summed E-state index contributed by atoms with van der Waals surface area (Å²) < 4.78 is 5.37. The molecule has 3 nitrogen and oxygen atoms in total. The minimum Gasteiger partial charge on any atom is -0.447 e. The van der Waals surface area contributed by atoms with Crippen molar-refractivity contribution >= 4 is 5.97 Å². The first-order valence-electron chi connectivity index (χ1n) is 14.8. The topological polar surface area (TPSA) is 52.3 Å². The van der Waals surface area contributed by atoms with Crippen LogP contribution in [0.4, 0.5) is 0 Å². The van der Waals surface area contributed by atoms with Gasteiger partial charge in [0.15, 0.2) is 6.23 Å². The average molecular weight is 466 g/mol. The van der Waals surface area contributed by atoms with Gasteiger partial charge in [-0.3, -0.25) is 10.5 Å². The predicted molar refractivity (Wildman–Crippen MR) is 145 cm³/mol.